The third kappa shape index (κ3) is 3.84. The van der Waals surface area contributed by atoms with Crippen LogP contribution in [0.25, 0.3) is 0 Å². The zero-order valence-corrected chi connectivity index (χ0v) is 14.1. The van der Waals surface area contributed by atoms with Crippen LogP contribution in [0.1, 0.15) is 63.4 Å². The monoisotopic (exact) mass is 303 g/mol. The van der Waals surface area contributed by atoms with Crippen LogP contribution in [0.5, 0.6) is 0 Å². The largest absolute Gasteiger partial charge is 0.314 e. The number of fused-ring (bicyclic) bond motifs is 1. The van der Waals surface area contributed by atoms with Gasteiger partial charge in [0, 0.05) is 16.7 Å². The number of nitrogens with one attached hydrogen (secondary N) is 1. The molecule has 0 amide bonds. The molecule has 1 saturated carbocycles. The van der Waals surface area contributed by atoms with Gasteiger partial charge in [-0.05, 0) is 55.7 Å². The van der Waals surface area contributed by atoms with Crippen molar-refractivity contribution in [2.24, 2.45) is 5.92 Å². The van der Waals surface area contributed by atoms with Crippen LogP contribution in [0.15, 0.2) is 29.2 Å². The van der Waals surface area contributed by atoms with Crippen molar-refractivity contribution in [2.75, 3.05) is 12.3 Å². The number of hydrogen-bond donors (Lipinski definition) is 1. The fraction of sp³-hybridized carbons (Fsp3) is 0.684. The molecule has 1 fully saturated rings. The lowest BCUT2D eigenvalue weighted by Gasteiger charge is -2.28. The Morgan fingerprint density at radius 3 is 2.90 bits per heavy atom. The van der Waals surface area contributed by atoms with Gasteiger partial charge in [0.25, 0.3) is 0 Å². The lowest BCUT2D eigenvalue weighted by Crippen LogP contribution is -2.36. The molecule has 0 bridgehead atoms. The van der Waals surface area contributed by atoms with Crippen molar-refractivity contribution in [3.8, 4) is 0 Å². The summed E-state index contributed by atoms with van der Waals surface area (Å²) < 4.78 is 0. The minimum Gasteiger partial charge on any atom is -0.314 e. The second-order valence-corrected chi connectivity index (χ2v) is 7.80. The molecule has 3 rings (SSSR count). The quantitative estimate of drug-likeness (QED) is 0.749. The Bertz CT molecular complexity index is 445. The number of rotatable bonds is 5. The summed E-state index contributed by atoms with van der Waals surface area (Å²) in [6, 6.07) is 9.85. The zero-order valence-electron chi connectivity index (χ0n) is 13.3. The van der Waals surface area contributed by atoms with E-state index in [9.17, 15) is 0 Å². The molecule has 0 saturated heterocycles. The van der Waals surface area contributed by atoms with Gasteiger partial charge in [0.15, 0.2) is 0 Å². The van der Waals surface area contributed by atoms with Gasteiger partial charge in [-0.1, -0.05) is 44.4 Å². The maximum absolute atomic E-state index is 3.85. The SMILES string of the molecule is CCCNC1CCCCCC1CC1CSc2ccccc21. The van der Waals surface area contributed by atoms with Crippen molar-refractivity contribution in [3.05, 3.63) is 29.8 Å². The molecule has 1 aromatic rings. The topological polar surface area (TPSA) is 12.0 Å². The highest BCUT2D eigenvalue weighted by molar-refractivity contribution is 7.99. The average molecular weight is 304 g/mol. The summed E-state index contributed by atoms with van der Waals surface area (Å²) in [5.74, 6) is 2.98. The van der Waals surface area contributed by atoms with Crippen LogP contribution >= 0.6 is 11.8 Å². The third-order valence-electron chi connectivity index (χ3n) is 5.20. The van der Waals surface area contributed by atoms with Crippen molar-refractivity contribution in [3.63, 3.8) is 0 Å². The molecule has 1 aliphatic heterocycles. The molecule has 1 N–H and O–H groups in total. The van der Waals surface area contributed by atoms with E-state index in [2.05, 4.69) is 48.3 Å². The average Bonchev–Trinajstić information content (AvgIpc) is 2.78. The first-order chi connectivity index (χ1) is 10.4. The van der Waals surface area contributed by atoms with Crippen molar-refractivity contribution in [2.45, 2.75) is 68.7 Å². The molecule has 21 heavy (non-hydrogen) atoms. The summed E-state index contributed by atoms with van der Waals surface area (Å²) in [5.41, 5.74) is 1.63. The van der Waals surface area contributed by atoms with Crippen molar-refractivity contribution < 1.29 is 0 Å². The third-order valence-corrected chi connectivity index (χ3v) is 6.45. The molecule has 3 unspecified atom stereocenters. The summed E-state index contributed by atoms with van der Waals surface area (Å²) in [7, 11) is 0. The van der Waals surface area contributed by atoms with Crippen LogP contribution in [0.3, 0.4) is 0 Å². The van der Waals surface area contributed by atoms with Crippen LogP contribution in [0.2, 0.25) is 0 Å². The number of thioether (sulfide) groups is 1. The van der Waals surface area contributed by atoms with Gasteiger partial charge >= 0.3 is 0 Å². The second-order valence-electron chi connectivity index (χ2n) is 6.74. The van der Waals surface area contributed by atoms with Crippen molar-refractivity contribution in [1.82, 2.24) is 5.32 Å². The van der Waals surface area contributed by atoms with E-state index in [1.165, 1.54) is 62.1 Å². The predicted octanol–water partition coefficient (Wildman–Crippen LogP) is 5.21. The van der Waals surface area contributed by atoms with Crippen LogP contribution in [0.4, 0.5) is 0 Å². The zero-order chi connectivity index (χ0) is 14.5. The van der Waals surface area contributed by atoms with Gasteiger partial charge in [0.05, 0.1) is 0 Å². The van der Waals surface area contributed by atoms with E-state index >= 15 is 0 Å². The van der Waals surface area contributed by atoms with Gasteiger partial charge in [-0.25, -0.2) is 0 Å². The first-order valence-electron chi connectivity index (χ1n) is 8.83. The van der Waals surface area contributed by atoms with E-state index in [4.69, 9.17) is 0 Å². The van der Waals surface area contributed by atoms with Crippen molar-refractivity contribution in [1.29, 1.82) is 0 Å². The summed E-state index contributed by atoms with van der Waals surface area (Å²) in [6.45, 7) is 3.47. The highest BCUT2D eigenvalue weighted by atomic mass is 32.2. The van der Waals surface area contributed by atoms with Crippen LogP contribution < -0.4 is 5.32 Å². The highest BCUT2D eigenvalue weighted by Crippen LogP contribution is 2.44. The maximum atomic E-state index is 3.85. The molecule has 1 aliphatic carbocycles. The van der Waals surface area contributed by atoms with E-state index in [0.29, 0.717) is 0 Å². The van der Waals surface area contributed by atoms with E-state index in [1.807, 2.05) is 0 Å². The molecule has 3 atom stereocenters. The Balaban J connectivity index is 1.66. The Kier molecular flexibility index (Phi) is 5.65. The molecule has 1 nitrogen and oxygen atoms in total. The minimum atomic E-state index is 0.769. The lowest BCUT2D eigenvalue weighted by atomic mass is 9.83. The number of benzene rings is 1. The first kappa shape index (κ1) is 15.4. The van der Waals surface area contributed by atoms with Crippen LogP contribution in [-0.2, 0) is 0 Å². The van der Waals surface area contributed by atoms with Gasteiger partial charge in [-0.3, -0.25) is 0 Å². The predicted molar refractivity (Wildman–Crippen MR) is 93.2 cm³/mol. The minimum absolute atomic E-state index is 0.769. The van der Waals surface area contributed by atoms with E-state index in [-0.39, 0.29) is 0 Å². The molecular formula is C19H29NS. The van der Waals surface area contributed by atoms with Crippen LogP contribution in [0, 0.1) is 5.92 Å². The summed E-state index contributed by atoms with van der Waals surface area (Å²) in [5, 5.41) is 3.85. The van der Waals surface area contributed by atoms with Gasteiger partial charge in [0.1, 0.15) is 0 Å². The van der Waals surface area contributed by atoms with E-state index < -0.39 is 0 Å². The molecule has 1 aromatic carbocycles. The Morgan fingerprint density at radius 1 is 1.14 bits per heavy atom. The van der Waals surface area contributed by atoms with E-state index in [0.717, 1.165) is 17.9 Å². The van der Waals surface area contributed by atoms with Gasteiger partial charge < -0.3 is 5.32 Å². The summed E-state index contributed by atoms with van der Waals surface area (Å²) in [4.78, 5) is 1.54. The Labute approximate surface area is 134 Å². The van der Waals surface area contributed by atoms with Gasteiger partial charge in [0.2, 0.25) is 0 Å². The number of hydrogen-bond acceptors (Lipinski definition) is 2. The van der Waals surface area contributed by atoms with Crippen LogP contribution in [-0.4, -0.2) is 18.3 Å². The van der Waals surface area contributed by atoms with E-state index in [1.54, 1.807) is 5.56 Å². The van der Waals surface area contributed by atoms with Gasteiger partial charge in [-0.15, -0.1) is 11.8 Å². The molecule has 1 heterocycles. The summed E-state index contributed by atoms with van der Waals surface area (Å²) >= 11 is 2.07. The van der Waals surface area contributed by atoms with Gasteiger partial charge in [-0.2, -0.15) is 0 Å². The fourth-order valence-electron chi connectivity index (χ4n) is 4.05. The maximum Gasteiger partial charge on any atom is 0.0107 e. The Morgan fingerprint density at radius 2 is 2.00 bits per heavy atom. The lowest BCUT2D eigenvalue weighted by molar-refractivity contribution is 0.304. The molecular weight excluding hydrogens is 274 g/mol. The molecule has 0 aromatic heterocycles. The fourth-order valence-corrected chi connectivity index (χ4v) is 5.33. The highest BCUT2D eigenvalue weighted by Gasteiger charge is 2.30. The molecule has 0 radical (unpaired) electrons. The molecule has 2 aliphatic rings. The Hall–Kier alpha value is -0.470. The first-order valence-corrected chi connectivity index (χ1v) is 9.82. The molecule has 0 spiro atoms. The molecule has 116 valence electrons. The molecule has 2 heteroatoms. The second kappa shape index (κ2) is 7.69. The normalized spacial score (nSPS) is 29.1. The standard InChI is InChI=1S/C19H29NS/c1-2-12-20-18-10-5-3-4-8-15(18)13-16-14-21-19-11-7-6-9-17(16)19/h6-7,9,11,15-16,18,20H,2-5,8,10,12-14H2,1H3. The van der Waals surface area contributed by atoms with Crippen molar-refractivity contribution >= 4 is 11.8 Å². The smallest absolute Gasteiger partial charge is 0.0107 e. The summed E-state index contributed by atoms with van der Waals surface area (Å²) in [6.07, 6.45) is 9.79.